The number of carbonyl (C=O) groups is 1. The van der Waals surface area contributed by atoms with Crippen molar-refractivity contribution < 1.29 is 9.18 Å². The van der Waals surface area contributed by atoms with Crippen molar-refractivity contribution in [1.82, 2.24) is 0 Å². The molecular weight excluding hydrogens is 345 g/mol. The normalized spacial score (nSPS) is 10.7. The van der Waals surface area contributed by atoms with Gasteiger partial charge in [-0.15, -0.1) is 0 Å². The van der Waals surface area contributed by atoms with Crippen LogP contribution >= 0.6 is 23.4 Å². The Morgan fingerprint density at radius 3 is 2.50 bits per heavy atom. The van der Waals surface area contributed by atoms with Crippen LogP contribution in [0, 0.1) is 19.7 Å². The molecule has 2 nitrogen and oxygen atoms in total. The maximum absolute atomic E-state index is 13.6. The highest BCUT2D eigenvalue weighted by molar-refractivity contribution is 7.98. The molecular formula is C19H21ClFNOS. The van der Waals surface area contributed by atoms with Gasteiger partial charge in [-0.25, -0.2) is 4.39 Å². The lowest BCUT2D eigenvalue weighted by molar-refractivity contribution is -0.116. The summed E-state index contributed by atoms with van der Waals surface area (Å²) in [5.41, 5.74) is 3.55. The van der Waals surface area contributed by atoms with E-state index in [9.17, 15) is 9.18 Å². The van der Waals surface area contributed by atoms with Crippen molar-refractivity contribution in [3.63, 3.8) is 0 Å². The molecule has 0 saturated heterocycles. The Balaban J connectivity index is 1.74. The third-order valence-electron chi connectivity index (χ3n) is 3.75. The molecule has 1 amide bonds. The van der Waals surface area contributed by atoms with Gasteiger partial charge in [-0.05, 0) is 49.3 Å². The molecule has 0 aliphatic carbocycles. The summed E-state index contributed by atoms with van der Waals surface area (Å²) in [4.78, 5) is 12.1. The molecule has 2 aromatic carbocycles. The molecule has 1 N–H and O–H groups in total. The number of aryl methyl sites for hydroxylation is 2. The number of rotatable bonds is 7. The number of benzene rings is 2. The van der Waals surface area contributed by atoms with E-state index in [-0.39, 0.29) is 11.7 Å². The molecule has 0 bridgehead atoms. The van der Waals surface area contributed by atoms with Crippen LogP contribution in [0.25, 0.3) is 0 Å². The van der Waals surface area contributed by atoms with Crippen molar-refractivity contribution in [2.45, 2.75) is 32.4 Å². The predicted molar refractivity (Wildman–Crippen MR) is 101 cm³/mol. The van der Waals surface area contributed by atoms with Crippen LogP contribution in [0.5, 0.6) is 0 Å². The van der Waals surface area contributed by atoms with E-state index in [1.165, 1.54) is 6.07 Å². The lowest BCUT2D eigenvalue weighted by Gasteiger charge is -2.11. The third-order valence-corrected chi connectivity index (χ3v) is 5.17. The minimum absolute atomic E-state index is 0.0110. The van der Waals surface area contributed by atoms with E-state index in [0.29, 0.717) is 22.8 Å². The number of nitrogens with one attached hydrogen (secondary N) is 1. The first-order valence-electron chi connectivity index (χ1n) is 7.85. The summed E-state index contributed by atoms with van der Waals surface area (Å²) in [7, 11) is 0. The molecule has 2 aromatic rings. The van der Waals surface area contributed by atoms with Gasteiger partial charge in [0.05, 0.1) is 0 Å². The zero-order valence-electron chi connectivity index (χ0n) is 13.9. The second-order valence-corrected chi connectivity index (χ2v) is 7.18. The zero-order chi connectivity index (χ0) is 17.5. The molecule has 128 valence electrons. The number of para-hydroxylation sites is 1. The Kier molecular flexibility index (Phi) is 7.13. The Hall–Kier alpha value is -1.52. The fourth-order valence-corrected chi connectivity index (χ4v) is 3.69. The summed E-state index contributed by atoms with van der Waals surface area (Å²) in [6.45, 7) is 3.97. The molecule has 0 spiro atoms. The maximum Gasteiger partial charge on any atom is 0.224 e. The highest BCUT2D eigenvalue weighted by atomic mass is 35.5. The van der Waals surface area contributed by atoms with E-state index in [1.54, 1.807) is 23.9 Å². The SMILES string of the molecule is Cc1cccc(C)c1NC(=O)CCCSCc1c(F)cccc1Cl. The minimum Gasteiger partial charge on any atom is -0.326 e. The number of anilines is 1. The fourth-order valence-electron chi connectivity index (χ4n) is 2.39. The predicted octanol–water partition coefficient (Wildman–Crippen LogP) is 5.75. The Labute approximate surface area is 151 Å². The molecule has 0 aromatic heterocycles. The first-order chi connectivity index (χ1) is 11.5. The monoisotopic (exact) mass is 365 g/mol. The topological polar surface area (TPSA) is 29.1 Å². The van der Waals surface area contributed by atoms with Crippen LogP contribution in [-0.2, 0) is 10.5 Å². The Morgan fingerprint density at radius 2 is 1.83 bits per heavy atom. The van der Waals surface area contributed by atoms with Gasteiger partial charge in [-0.2, -0.15) is 11.8 Å². The first-order valence-corrected chi connectivity index (χ1v) is 9.39. The highest BCUT2D eigenvalue weighted by Crippen LogP contribution is 2.24. The number of halogens is 2. The van der Waals surface area contributed by atoms with Crippen molar-refractivity contribution >= 4 is 35.0 Å². The third kappa shape index (κ3) is 5.25. The van der Waals surface area contributed by atoms with Gasteiger partial charge in [0.25, 0.3) is 0 Å². The molecule has 5 heteroatoms. The summed E-state index contributed by atoms with van der Waals surface area (Å²) in [6.07, 6.45) is 1.19. The van der Waals surface area contributed by atoms with Crippen molar-refractivity contribution in [3.05, 3.63) is 63.9 Å². The van der Waals surface area contributed by atoms with Crippen molar-refractivity contribution in [2.75, 3.05) is 11.1 Å². The highest BCUT2D eigenvalue weighted by Gasteiger charge is 2.09. The van der Waals surface area contributed by atoms with Crippen molar-refractivity contribution in [1.29, 1.82) is 0 Å². The number of hydrogen-bond acceptors (Lipinski definition) is 2. The van der Waals surface area contributed by atoms with Crippen LogP contribution in [0.15, 0.2) is 36.4 Å². The summed E-state index contributed by atoms with van der Waals surface area (Å²) < 4.78 is 13.6. The van der Waals surface area contributed by atoms with Gasteiger partial charge in [-0.1, -0.05) is 35.9 Å². The van der Waals surface area contributed by atoms with Crippen LogP contribution in [-0.4, -0.2) is 11.7 Å². The zero-order valence-corrected chi connectivity index (χ0v) is 15.4. The number of amides is 1. The Morgan fingerprint density at radius 1 is 1.17 bits per heavy atom. The molecule has 0 aliphatic heterocycles. The summed E-state index contributed by atoms with van der Waals surface area (Å²) in [6, 6.07) is 10.7. The molecule has 0 fully saturated rings. The molecule has 0 atom stereocenters. The lowest BCUT2D eigenvalue weighted by atomic mass is 10.1. The van der Waals surface area contributed by atoms with Crippen LogP contribution in [0.1, 0.15) is 29.5 Å². The standard InChI is InChI=1S/C19H21ClFNOS/c1-13-6-3-7-14(2)19(13)22-18(23)10-5-11-24-12-15-16(20)8-4-9-17(15)21/h3-4,6-9H,5,10-12H2,1-2H3,(H,22,23). The van der Waals surface area contributed by atoms with E-state index < -0.39 is 0 Å². The number of carbonyl (C=O) groups excluding carboxylic acids is 1. The molecule has 0 unspecified atom stereocenters. The van der Waals surface area contributed by atoms with Gasteiger partial charge in [0.1, 0.15) is 5.82 Å². The second kappa shape index (κ2) is 9.09. The van der Waals surface area contributed by atoms with E-state index >= 15 is 0 Å². The molecule has 0 aliphatic rings. The van der Waals surface area contributed by atoms with Gasteiger partial charge in [0.15, 0.2) is 0 Å². The smallest absolute Gasteiger partial charge is 0.224 e. The molecule has 0 radical (unpaired) electrons. The van der Waals surface area contributed by atoms with E-state index in [0.717, 1.165) is 29.0 Å². The van der Waals surface area contributed by atoms with E-state index in [2.05, 4.69) is 5.32 Å². The average Bonchev–Trinajstić information content (AvgIpc) is 2.53. The van der Waals surface area contributed by atoms with Crippen LogP contribution < -0.4 is 5.32 Å². The Bertz CT molecular complexity index is 680. The van der Waals surface area contributed by atoms with Crippen LogP contribution in [0.4, 0.5) is 10.1 Å². The molecule has 24 heavy (non-hydrogen) atoms. The minimum atomic E-state index is -0.275. The largest absolute Gasteiger partial charge is 0.326 e. The van der Waals surface area contributed by atoms with Gasteiger partial charge in [0.2, 0.25) is 5.91 Å². The number of thioether (sulfide) groups is 1. The van der Waals surface area contributed by atoms with E-state index in [4.69, 9.17) is 11.6 Å². The number of hydrogen-bond donors (Lipinski definition) is 1. The molecule has 2 rings (SSSR count). The summed E-state index contributed by atoms with van der Waals surface area (Å²) in [5.74, 6) is 1.04. The van der Waals surface area contributed by atoms with Crippen molar-refractivity contribution in [3.8, 4) is 0 Å². The molecule has 0 saturated carbocycles. The fraction of sp³-hybridized carbons (Fsp3) is 0.316. The van der Waals surface area contributed by atoms with Gasteiger partial charge in [0, 0.05) is 28.4 Å². The quantitative estimate of drug-likeness (QED) is 0.633. The second-order valence-electron chi connectivity index (χ2n) is 5.67. The van der Waals surface area contributed by atoms with Crippen molar-refractivity contribution in [2.24, 2.45) is 0 Å². The average molecular weight is 366 g/mol. The van der Waals surface area contributed by atoms with Crippen LogP contribution in [0.2, 0.25) is 5.02 Å². The van der Waals surface area contributed by atoms with Gasteiger partial charge in [-0.3, -0.25) is 4.79 Å². The summed E-state index contributed by atoms with van der Waals surface area (Å²) in [5, 5.41) is 3.43. The lowest BCUT2D eigenvalue weighted by Crippen LogP contribution is -2.13. The first kappa shape index (κ1) is 18.8. The summed E-state index contributed by atoms with van der Waals surface area (Å²) >= 11 is 7.58. The van der Waals surface area contributed by atoms with Gasteiger partial charge >= 0.3 is 0 Å². The maximum atomic E-state index is 13.6. The van der Waals surface area contributed by atoms with E-state index in [1.807, 2.05) is 32.0 Å². The van der Waals surface area contributed by atoms with Crippen LogP contribution in [0.3, 0.4) is 0 Å². The van der Waals surface area contributed by atoms with Gasteiger partial charge < -0.3 is 5.32 Å². The molecule has 0 heterocycles.